The molecule has 0 bridgehead atoms. The number of piperidine rings is 1. The van der Waals surface area contributed by atoms with E-state index in [-0.39, 0.29) is 5.56 Å². The van der Waals surface area contributed by atoms with Gasteiger partial charge in [0, 0.05) is 35.1 Å². The highest BCUT2D eigenvalue weighted by molar-refractivity contribution is 6.31. The zero-order valence-electron chi connectivity index (χ0n) is 19.5. The van der Waals surface area contributed by atoms with Crippen LogP contribution in [0.4, 0.5) is 0 Å². The summed E-state index contributed by atoms with van der Waals surface area (Å²) in [6.07, 6.45) is 2.04. The van der Waals surface area contributed by atoms with E-state index in [0.29, 0.717) is 28.9 Å². The van der Waals surface area contributed by atoms with E-state index in [1.54, 1.807) is 12.1 Å². The van der Waals surface area contributed by atoms with Gasteiger partial charge in [-0.1, -0.05) is 72.3 Å². The van der Waals surface area contributed by atoms with Crippen LogP contribution in [0.1, 0.15) is 34.5 Å². The number of hydrogen-bond donors (Lipinski definition) is 2. The van der Waals surface area contributed by atoms with Crippen molar-refractivity contribution in [2.45, 2.75) is 32.0 Å². The Bertz CT molecular complexity index is 1320. The van der Waals surface area contributed by atoms with Crippen molar-refractivity contribution in [1.82, 2.24) is 15.2 Å². The average molecular weight is 486 g/mol. The first-order valence-electron chi connectivity index (χ1n) is 12.0. The van der Waals surface area contributed by atoms with Crippen LogP contribution in [0.25, 0.3) is 22.0 Å². The van der Waals surface area contributed by atoms with Gasteiger partial charge in [0.1, 0.15) is 0 Å². The van der Waals surface area contributed by atoms with Crippen LogP contribution >= 0.6 is 11.6 Å². The summed E-state index contributed by atoms with van der Waals surface area (Å²) >= 11 is 6.28. The van der Waals surface area contributed by atoms with Crippen LogP contribution in [-0.2, 0) is 13.1 Å². The summed E-state index contributed by atoms with van der Waals surface area (Å²) in [6, 6.07) is 26.0. The van der Waals surface area contributed by atoms with Gasteiger partial charge in [0.2, 0.25) is 0 Å². The van der Waals surface area contributed by atoms with E-state index < -0.39 is 5.97 Å². The van der Waals surface area contributed by atoms with E-state index in [9.17, 15) is 9.90 Å². The SMILES string of the molecule is O=C(O)c1c(CNC2CCN(Cc3ccccc3)CC2)nc2ccc(Cl)cc2c1-c1ccccc1. The number of hydrogen-bond acceptors (Lipinski definition) is 4. The number of halogens is 1. The van der Waals surface area contributed by atoms with Gasteiger partial charge in [-0.15, -0.1) is 0 Å². The van der Waals surface area contributed by atoms with E-state index in [0.717, 1.165) is 48.9 Å². The lowest BCUT2D eigenvalue weighted by molar-refractivity contribution is 0.0696. The number of rotatable bonds is 7. The lowest BCUT2D eigenvalue weighted by Gasteiger charge is -2.32. The molecule has 4 aromatic rings. The molecule has 0 spiro atoms. The molecule has 6 heteroatoms. The highest BCUT2D eigenvalue weighted by Gasteiger charge is 2.24. The fourth-order valence-corrected chi connectivity index (χ4v) is 5.10. The highest BCUT2D eigenvalue weighted by Crippen LogP contribution is 2.34. The Kier molecular flexibility index (Phi) is 7.09. The van der Waals surface area contributed by atoms with Gasteiger partial charge in [0.15, 0.2) is 0 Å². The molecule has 0 aliphatic carbocycles. The maximum Gasteiger partial charge on any atom is 0.338 e. The number of pyridine rings is 1. The summed E-state index contributed by atoms with van der Waals surface area (Å²) in [5.74, 6) is -0.979. The maximum atomic E-state index is 12.5. The van der Waals surface area contributed by atoms with Gasteiger partial charge < -0.3 is 10.4 Å². The topological polar surface area (TPSA) is 65.5 Å². The zero-order valence-corrected chi connectivity index (χ0v) is 20.2. The predicted molar refractivity (Wildman–Crippen MR) is 141 cm³/mol. The van der Waals surface area contributed by atoms with Crippen molar-refractivity contribution in [1.29, 1.82) is 0 Å². The molecule has 0 saturated carbocycles. The molecule has 0 radical (unpaired) electrons. The first-order chi connectivity index (χ1) is 17.1. The fraction of sp³-hybridized carbons (Fsp3) is 0.241. The number of aromatic nitrogens is 1. The molecule has 2 N–H and O–H groups in total. The number of fused-ring (bicyclic) bond motifs is 1. The van der Waals surface area contributed by atoms with Crippen LogP contribution in [0, 0.1) is 0 Å². The number of carboxylic acid groups (broad SMARTS) is 1. The summed E-state index contributed by atoms with van der Waals surface area (Å²) in [5.41, 5.74) is 4.37. The molecule has 2 heterocycles. The van der Waals surface area contributed by atoms with Gasteiger partial charge in [-0.05, 0) is 55.3 Å². The molecule has 178 valence electrons. The van der Waals surface area contributed by atoms with Gasteiger partial charge in [-0.25, -0.2) is 4.79 Å². The molecule has 1 aromatic heterocycles. The molecule has 1 fully saturated rings. The minimum atomic E-state index is -0.979. The largest absolute Gasteiger partial charge is 0.478 e. The van der Waals surface area contributed by atoms with Crippen molar-refractivity contribution >= 4 is 28.5 Å². The summed E-state index contributed by atoms with van der Waals surface area (Å²) < 4.78 is 0. The number of carbonyl (C=O) groups is 1. The quantitative estimate of drug-likeness (QED) is 0.335. The van der Waals surface area contributed by atoms with Crippen molar-refractivity contribution in [3.05, 3.63) is 101 Å². The van der Waals surface area contributed by atoms with Crippen LogP contribution in [0.5, 0.6) is 0 Å². The van der Waals surface area contributed by atoms with Gasteiger partial charge in [-0.2, -0.15) is 0 Å². The standard InChI is InChI=1S/C29H28ClN3O2/c30-22-11-12-25-24(17-22)27(21-9-5-2-6-10-21)28(29(34)35)26(32-25)18-31-23-13-15-33(16-14-23)19-20-7-3-1-4-8-20/h1-12,17,23,31H,13-16,18-19H2,(H,34,35). The van der Waals surface area contributed by atoms with Crippen molar-refractivity contribution < 1.29 is 9.90 Å². The van der Waals surface area contributed by atoms with Crippen molar-refractivity contribution in [2.75, 3.05) is 13.1 Å². The van der Waals surface area contributed by atoms with Crippen LogP contribution in [0.2, 0.25) is 5.02 Å². The van der Waals surface area contributed by atoms with Crippen molar-refractivity contribution in [2.24, 2.45) is 0 Å². The monoisotopic (exact) mass is 485 g/mol. The minimum absolute atomic E-state index is 0.236. The Morgan fingerprint density at radius 1 is 1.00 bits per heavy atom. The van der Waals surface area contributed by atoms with Gasteiger partial charge in [-0.3, -0.25) is 9.88 Å². The highest BCUT2D eigenvalue weighted by atomic mass is 35.5. The third-order valence-corrected chi connectivity index (χ3v) is 6.93. The molecule has 1 saturated heterocycles. The normalized spacial score (nSPS) is 14.9. The first kappa shape index (κ1) is 23.5. The molecule has 0 unspecified atom stereocenters. The summed E-state index contributed by atoms with van der Waals surface area (Å²) in [6.45, 7) is 3.39. The van der Waals surface area contributed by atoms with Crippen LogP contribution in [-0.4, -0.2) is 40.1 Å². The maximum absolute atomic E-state index is 12.5. The molecule has 5 nitrogen and oxygen atoms in total. The number of nitrogens with one attached hydrogen (secondary N) is 1. The number of likely N-dealkylation sites (tertiary alicyclic amines) is 1. The van der Waals surface area contributed by atoms with E-state index in [2.05, 4.69) is 34.5 Å². The van der Waals surface area contributed by atoms with Gasteiger partial charge in [0.25, 0.3) is 0 Å². The zero-order chi connectivity index (χ0) is 24.2. The third-order valence-electron chi connectivity index (χ3n) is 6.69. The molecular formula is C29H28ClN3O2. The summed E-state index contributed by atoms with van der Waals surface area (Å²) in [7, 11) is 0. The smallest absolute Gasteiger partial charge is 0.338 e. The fourth-order valence-electron chi connectivity index (χ4n) is 4.93. The van der Waals surface area contributed by atoms with Gasteiger partial charge >= 0.3 is 5.97 Å². The van der Waals surface area contributed by atoms with Crippen LogP contribution in [0.3, 0.4) is 0 Å². The van der Waals surface area contributed by atoms with Crippen molar-refractivity contribution in [3.63, 3.8) is 0 Å². The molecular weight excluding hydrogens is 458 g/mol. The molecule has 35 heavy (non-hydrogen) atoms. The summed E-state index contributed by atoms with van der Waals surface area (Å²) in [4.78, 5) is 19.7. The average Bonchev–Trinajstić information content (AvgIpc) is 2.88. The second-order valence-electron chi connectivity index (χ2n) is 9.06. The van der Waals surface area contributed by atoms with Crippen molar-refractivity contribution in [3.8, 4) is 11.1 Å². The minimum Gasteiger partial charge on any atom is -0.478 e. The van der Waals surface area contributed by atoms with E-state index >= 15 is 0 Å². The molecule has 0 atom stereocenters. The van der Waals surface area contributed by atoms with E-state index in [4.69, 9.17) is 16.6 Å². The lowest BCUT2D eigenvalue weighted by atomic mass is 9.93. The Balaban J connectivity index is 1.37. The lowest BCUT2D eigenvalue weighted by Crippen LogP contribution is -2.42. The van der Waals surface area contributed by atoms with Crippen LogP contribution < -0.4 is 5.32 Å². The number of nitrogens with zero attached hydrogens (tertiary/aromatic N) is 2. The molecule has 1 aliphatic heterocycles. The van der Waals surface area contributed by atoms with E-state index in [1.807, 2.05) is 42.5 Å². The Labute approximate surface area is 210 Å². The Morgan fingerprint density at radius 3 is 2.37 bits per heavy atom. The molecule has 3 aromatic carbocycles. The molecule has 0 amide bonds. The summed E-state index contributed by atoms with van der Waals surface area (Å²) in [5, 5.41) is 15.1. The third kappa shape index (κ3) is 5.38. The number of benzene rings is 3. The molecule has 5 rings (SSSR count). The Hall–Kier alpha value is -3.25. The first-order valence-corrected chi connectivity index (χ1v) is 12.4. The number of aromatic carboxylic acids is 1. The molecule has 1 aliphatic rings. The number of carboxylic acids is 1. The van der Waals surface area contributed by atoms with Crippen LogP contribution in [0.15, 0.2) is 78.9 Å². The second-order valence-corrected chi connectivity index (χ2v) is 9.49. The van der Waals surface area contributed by atoms with E-state index in [1.165, 1.54) is 5.56 Å². The van der Waals surface area contributed by atoms with Gasteiger partial charge in [0.05, 0.1) is 16.8 Å². The Morgan fingerprint density at radius 2 is 1.69 bits per heavy atom. The second kappa shape index (κ2) is 10.6. The predicted octanol–water partition coefficient (Wildman–Crippen LogP) is 6.01.